The summed E-state index contributed by atoms with van der Waals surface area (Å²) in [7, 11) is 0. The normalized spacial score (nSPS) is 24.2. The number of aliphatic hydroxyl groups is 3. The highest BCUT2D eigenvalue weighted by molar-refractivity contribution is 5.91. The second-order valence-corrected chi connectivity index (χ2v) is 12.5. The largest absolute Gasteiger partial charge is 0.481 e. The molecule has 278 valence electrons. The minimum absolute atomic E-state index is 0.0429. The highest BCUT2D eigenvalue weighted by Crippen LogP contribution is 2.55. The van der Waals surface area contributed by atoms with Crippen LogP contribution in [0.5, 0.6) is 0 Å². The number of nitrogens with zero attached hydrogens (tertiary/aromatic N) is 3. The molecule has 2 fully saturated rings. The monoisotopic (exact) mass is 701 g/mol. The van der Waals surface area contributed by atoms with E-state index in [0.29, 0.717) is 18.5 Å². The fraction of sp³-hybridized carbons (Fsp3) is 0.806. The van der Waals surface area contributed by atoms with Gasteiger partial charge in [0.2, 0.25) is 11.8 Å². The van der Waals surface area contributed by atoms with E-state index in [1.807, 2.05) is 0 Å². The molecule has 2 unspecified atom stereocenters. The Kier molecular flexibility index (Phi) is 15.8. The van der Waals surface area contributed by atoms with Crippen molar-refractivity contribution in [2.75, 3.05) is 19.8 Å². The topological polar surface area (TPSA) is 264 Å². The van der Waals surface area contributed by atoms with Crippen molar-refractivity contribution in [1.29, 1.82) is 0 Å². The molecule has 0 spiro atoms. The number of ether oxygens (including phenoxy) is 4. The summed E-state index contributed by atoms with van der Waals surface area (Å²) in [6, 6.07) is -2.75. The van der Waals surface area contributed by atoms with Crippen LogP contribution >= 0.6 is 0 Å². The summed E-state index contributed by atoms with van der Waals surface area (Å²) in [5.41, 5.74) is 0.363. The Morgan fingerprint density at radius 2 is 1.71 bits per heavy atom. The number of carboxylic acid groups (broad SMARTS) is 2. The molecule has 6 atom stereocenters. The molecule has 2 aliphatic rings. The molecule has 0 aromatic carbocycles. The van der Waals surface area contributed by atoms with E-state index in [9.17, 15) is 39.6 Å². The molecule has 0 saturated carbocycles. The number of epoxide rings is 1. The second-order valence-electron chi connectivity index (χ2n) is 12.5. The number of carbonyl (C=O) groups excluding carboxylic acids is 2. The molecule has 3 rings (SSSR count). The van der Waals surface area contributed by atoms with Crippen molar-refractivity contribution >= 4 is 23.8 Å². The van der Waals surface area contributed by atoms with Gasteiger partial charge in [-0.25, -0.2) is 9.48 Å². The third kappa shape index (κ3) is 11.9. The Labute approximate surface area is 284 Å². The minimum atomic E-state index is -1.83. The molecule has 18 heteroatoms. The Morgan fingerprint density at radius 1 is 1.04 bits per heavy atom. The highest BCUT2D eigenvalue weighted by Gasteiger charge is 2.78. The van der Waals surface area contributed by atoms with Crippen molar-refractivity contribution in [1.82, 2.24) is 25.6 Å². The maximum atomic E-state index is 13.4. The summed E-state index contributed by atoms with van der Waals surface area (Å²) in [5, 5.41) is 61.3. The molecule has 49 heavy (non-hydrogen) atoms. The summed E-state index contributed by atoms with van der Waals surface area (Å²) in [5.74, 6) is -7.75. The van der Waals surface area contributed by atoms with Crippen molar-refractivity contribution in [2.45, 2.75) is 134 Å². The number of hydrogen-bond donors (Lipinski definition) is 7. The smallest absolute Gasteiger partial charge is 0.343 e. The summed E-state index contributed by atoms with van der Waals surface area (Å²) >= 11 is 0. The molecule has 0 radical (unpaired) electrons. The van der Waals surface area contributed by atoms with Gasteiger partial charge in [-0.1, -0.05) is 57.6 Å². The van der Waals surface area contributed by atoms with Crippen LogP contribution in [0.1, 0.15) is 90.2 Å². The summed E-state index contributed by atoms with van der Waals surface area (Å²) < 4.78 is 23.3. The number of nitrogens with one attached hydrogen (secondary N) is 2. The highest BCUT2D eigenvalue weighted by atomic mass is 17.0. The number of amides is 2. The number of aliphatic hydroxyl groups excluding tert-OH is 2. The fourth-order valence-electron chi connectivity index (χ4n) is 5.53. The third-order valence-corrected chi connectivity index (χ3v) is 8.45. The van der Waals surface area contributed by atoms with E-state index in [0.717, 1.165) is 38.5 Å². The maximum absolute atomic E-state index is 13.4. The number of aliphatic carboxylic acids is 2. The van der Waals surface area contributed by atoms with Crippen molar-refractivity contribution in [3.05, 3.63) is 11.9 Å². The average Bonchev–Trinajstić information content (AvgIpc) is 3.38. The van der Waals surface area contributed by atoms with Crippen LogP contribution in [0.2, 0.25) is 0 Å². The number of aromatic nitrogens is 3. The SMILES string of the molecule is CCCCCC(CCCCC)C(=O)N[C@@H](COCc1cn(CCO[C@]23OC(CO)[C@@H](O)CC2(O)O3)nn1)C(=O)N[C@H](CCC(=O)O)C(=O)O. The lowest BCUT2D eigenvalue weighted by Crippen LogP contribution is -2.54. The molecule has 7 N–H and O–H groups in total. The van der Waals surface area contributed by atoms with Crippen LogP contribution in [0.4, 0.5) is 0 Å². The predicted molar refractivity (Wildman–Crippen MR) is 167 cm³/mol. The first kappa shape index (κ1) is 40.2. The lowest BCUT2D eigenvalue weighted by molar-refractivity contribution is -0.294. The van der Waals surface area contributed by atoms with Crippen LogP contribution in [0, 0.1) is 5.92 Å². The van der Waals surface area contributed by atoms with E-state index in [2.05, 4.69) is 34.8 Å². The van der Waals surface area contributed by atoms with Gasteiger partial charge in [-0.15, -0.1) is 5.10 Å². The number of rotatable bonds is 25. The number of hydrogen-bond acceptors (Lipinski definition) is 13. The first-order chi connectivity index (χ1) is 23.4. The average molecular weight is 702 g/mol. The van der Waals surface area contributed by atoms with Crippen LogP contribution in [-0.4, -0.2) is 120 Å². The van der Waals surface area contributed by atoms with Gasteiger partial charge < -0.3 is 50.4 Å². The minimum Gasteiger partial charge on any atom is -0.481 e. The molecule has 2 saturated heterocycles. The predicted octanol–water partition coefficient (Wildman–Crippen LogP) is 0.0218. The van der Waals surface area contributed by atoms with Gasteiger partial charge in [-0.2, -0.15) is 0 Å². The van der Waals surface area contributed by atoms with Gasteiger partial charge in [0, 0.05) is 18.8 Å². The van der Waals surface area contributed by atoms with Gasteiger partial charge >= 0.3 is 17.9 Å². The van der Waals surface area contributed by atoms with Gasteiger partial charge in [0.1, 0.15) is 23.9 Å². The zero-order valence-corrected chi connectivity index (χ0v) is 28.1. The van der Waals surface area contributed by atoms with E-state index in [1.54, 1.807) is 6.20 Å². The zero-order chi connectivity index (χ0) is 36.0. The molecule has 1 aromatic heterocycles. The first-order valence-electron chi connectivity index (χ1n) is 16.9. The quantitative estimate of drug-likeness (QED) is 0.0523. The maximum Gasteiger partial charge on any atom is 0.343 e. The van der Waals surface area contributed by atoms with Crippen molar-refractivity contribution in [2.24, 2.45) is 5.92 Å². The Balaban J connectivity index is 1.59. The Bertz CT molecular complexity index is 1220. The molecular formula is C31H51N5O13. The lowest BCUT2D eigenvalue weighted by Gasteiger charge is -2.31. The van der Waals surface area contributed by atoms with Crippen LogP contribution < -0.4 is 10.6 Å². The van der Waals surface area contributed by atoms with Crippen LogP contribution in [0.15, 0.2) is 6.20 Å². The molecule has 3 heterocycles. The molecular weight excluding hydrogens is 650 g/mol. The van der Waals surface area contributed by atoms with E-state index < -0.39 is 66.9 Å². The van der Waals surface area contributed by atoms with Crippen molar-refractivity contribution < 1.29 is 63.7 Å². The fourth-order valence-corrected chi connectivity index (χ4v) is 5.53. The van der Waals surface area contributed by atoms with Gasteiger partial charge in [-0.3, -0.25) is 19.1 Å². The van der Waals surface area contributed by atoms with E-state index in [-0.39, 0.29) is 51.0 Å². The molecule has 18 nitrogen and oxygen atoms in total. The summed E-state index contributed by atoms with van der Waals surface area (Å²) in [6.07, 6.45) is 5.28. The Morgan fingerprint density at radius 3 is 2.33 bits per heavy atom. The van der Waals surface area contributed by atoms with Crippen LogP contribution in [0.25, 0.3) is 0 Å². The second kappa shape index (κ2) is 19.2. The first-order valence-corrected chi connectivity index (χ1v) is 16.9. The van der Waals surface area contributed by atoms with Crippen molar-refractivity contribution in [3.63, 3.8) is 0 Å². The van der Waals surface area contributed by atoms with Gasteiger partial charge in [0.15, 0.2) is 0 Å². The van der Waals surface area contributed by atoms with E-state index >= 15 is 0 Å². The zero-order valence-electron chi connectivity index (χ0n) is 28.1. The molecule has 2 aliphatic heterocycles. The number of unbranched alkanes of at least 4 members (excludes halogenated alkanes) is 4. The summed E-state index contributed by atoms with van der Waals surface area (Å²) in [4.78, 5) is 49.4. The molecule has 2 amide bonds. The van der Waals surface area contributed by atoms with Crippen LogP contribution in [0.3, 0.4) is 0 Å². The number of carbonyl (C=O) groups is 4. The Hall–Kier alpha value is -3.26. The number of fused-ring (bicyclic) bond motifs is 1. The van der Waals surface area contributed by atoms with Crippen molar-refractivity contribution in [3.8, 4) is 0 Å². The van der Waals surface area contributed by atoms with Gasteiger partial charge in [0.25, 0.3) is 5.79 Å². The van der Waals surface area contributed by atoms with E-state index in [4.69, 9.17) is 24.1 Å². The third-order valence-electron chi connectivity index (χ3n) is 8.45. The molecule has 1 aromatic rings. The van der Waals surface area contributed by atoms with Crippen LogP contribution in [-0.2, 0) is 51.3 Å². The summed E-state index contributed by atoms with van der Waals surface area (Å²) in [6.45, 7) is 3.29. The molecule has 0 bridgehead atoms. The van der Waals surface area contributed by atoms with Gasteiger partial charge in [0.05, 0.1) is 45.3 Å². The lowest BCUT2D eigenvalue weighted by atomic mass is 9.94. The van der Waals surface area contributed by atoms with Gasteiger partial charge in [-0.05, 0) is 19.3 Å². The number of carboxylic acids is 2. The standard InChI is InChI=1S/C31H51N5O13/c1-3-5-7-9-20(10-8-6-4-2)27(41)33-23(28(42)32-22(29(43)44)11-12-26(39)40)19-46-18-21-16-36(35-34-21)13-14-47-31-30(45,49-31)15-24(38)25(17-37)48-31/h16,20,22-25,37-38,45H,3-15,17-19H2,1-2H3,(H,32,42)(H,33,41)(H,39,40)(H,43,44)/t22-,23+,24+,25?,30?,31+/m1/s1. The van der Waals surface area contributed by atoms with E-state index in [1.165, 1.54) is 4.68 Å². The molecule has 0 aliphatic carbocycles.